The number of piperidine rings is 1. The number of carboxylic acid groups (broad SMARTS) is 1. The molecular formula is C15H22N2O2. The van der Waals surface area contributed by atoms with Crippen molar-refractivity contribution in [2.45, 2.75) is 38.4 Å². The molecule has 1 aliphatic rings. The zero-order chi connectivity index (χ0) is 13.7. The van der Waals surface area contributed by atoms with Crippen LogP contribution < -0.4 is 5.32 Å². The molecule has 2 atom stereocenters. The van der Waals surface area contributed by atoms with Crippen molar-refractivity contribution in [3.05, 3.63) is 35.9 Å². The Balaban J connectivity index is 1.85. The summed E-state index contributed by atoms with van der Waals surface area (Å²) in [7, 11) is 0. The maximum atomic E-state index is 10.9. The minimum Gasteiger partial charge on any atom is -0.480 e. The van der Waals surface area contributed by atoms with Crippen molar-refractivity contribution in [1.29, 1.82) is 0 Å². The first kappa shape index (κ1) is 14.0. The highest BCUT2D eigenvalue weighted by atomic mass is 16.4. The van der Waals surface area contributed by atoms with E-state index < -0.39 is 12.0 Å². The Hall–Kier alpha value is -1.39. The van der Waals surface area contributed by atoms with Crippen molar-refractivity contribution in [3.63, 3.8) is 0 Å². The number of hydrogen-bond acceptors (Lipinski definition) is 3. The highest BCUT2D eigenvalue weighted by Crippen LogP contribution is 2.14. The lowest BCUT2D eigenvalue weighted by molar-refractivity contribution is -0.139. The molecule has 104 valence electrons. The van der Waals surface area contributed by atoms with Gasteiger partial charge in [-0.3, -0.25) is 9.69 Å². The largest absolute Gasteiger partial charge is 0.480 e. The number of hydrogen-bond donors (Lipinski definition) is 2. The van der Waals surface area contributed by atoms with Gasteiger partial charge in [0, 0.05) is 19.1 Å². The Morgan fingerprint density at radius 3 is 2.89 bits per heavy atom. The van der Waals surface area contributed by atoms with E-state index >= 15 is 0 Å². The Bertz CT molecular complexity index is 408. The van der Waals surface area contributed by atoms with Gasteiger partial charge in [-0.15, -0.1) is 0 Å². The molecular weight excluding hydrogens is 240 g/mol. The second-order valence-electron chi connectivity index (χ2n) is 5.29. The van der Waals surface area contributed by atoms with Gasteiger partial charge in [0.25, 0.3) is 0 Å². The van der Waals surface area contributed by atoms with Crippen molar-refractivity contribution in [2.24, 2.45) is 0 Å². The van der Waals surface area contributed by atoms with Crippen LogP contribution in [0.15, 0.2) is 30.3 Å². The third kappa shape index (κ3) is 4.33. The molecule has 0 aliphatic carbocycles. The SMILES string of the molecule is C[C@@H](NC1CCCN(Cc2ccccc2)C1)C(=O)O. The van der Waals surface area contributed by atoms with Gasteiger partial charge in [-0.05, 0) is 31.9 Å². The first-order valence-corrected chi connectivity index (χ1v) is 6.90. The summed E-state index contributed by atoms with van der Waals surface area (Å²) < 4.78 is 0. The molecule has 1 aromatic rings. The molecule has 1 aromatic carbocycles. The molecule has 2 rings (SSSR count). The fraction of sp³-hybridized carbons (Fsp3) is 0.533. The Labute approximate surface area is 114 Å². The zero-order valence-corrected chi connectivity index (χ0v) is 11.4. The van der Waals surface area contributed by atoms with Crippen molar-refractivity contribution in [3.8, 4) is 0 Å². The van der Waals surface area contributed by atoms with Crippen molar-refractivity contribution in [1.82, 2.24) is 10.2 Å². The topological polar surface area (TPSA) is 52.6 Å². The fourth-order valence-corrected chi connectivity index (χ4v) is 2.60. The molecule has 0 bridgehead atoms. The van der Waals surface area contributed by atoms with Crippen molar-refractivity contribution in [2.75, 3.05) is 13.1 Å². The summed E-state index contributed by atoms with van der Waals surface area (Å²) in [5.74, 6) is -0.778. The van der Waals surface area contributed by atoms with E-state index in [4.69, 9.17) is 5.11 Å². The normalized spacial score (nSPS) is 22.1. The van der Waals surface area contributed by atoms with Gasteiger partial charge in [0.2, 0.25) is 0 Å². The molecule has 1 saturated heterocycles. The maximum absolute atomic E-state index is 10.9. The molecule has 0 spiro atoms. The van der Waals surface area contributed by atoms with Gasteiger partial charge >= 0.3 is 5.97 Å². The summed E-state index contributed by atoms with van der Waals surface area (Å²) in [6.07, 6.45) is 2.18. The lowest BCUT2D eigenvalue weighted by atomic mass is 10.0. The number of carboxylic acids is 1. The number of nitrogens with one attached hydrogen (secondary N) is 1. The van der Waals surface area contributed by atoms with Crippen LogP contribution in [0.4, 0.5) is 0 Å². The molecule has 1 unspecified atom stereocenters. The third-order valence-corrected chi connectivity index (χ3v) is 3.61. The molecule has 4 heteroatoms. The molecule has 1 heterocycles. The van der Waals surface area contributed by atoms with Crippen LogP contribution in [-0.4, -0.2) is 41.1 Å². The van der Waals surface area contributed by atoms with Crippen LogP contribution >= 0.6 is 0 Å². The van der Waals surface area contributed by atoms with Gasteiger partial charge in [-0.1, -0.05) is 30.3 Å². The number of nitrogens with zero attached hydrogens (tertiary/aromatic N) is 1. The molecule has 0 amide bonds. The minimum atomic E-state index is -0.778. The molecule has 0 saturated carbocycles. The average molecular weight is 262 g/mol. The van der Waals surface area contributed by atoms with Crippen LogP contribution in [0.5, 0.6) is 0 Å². The van der Waals surface area contributed by atoms with E-state index in [1.165, 1.54) is 5.56 Å². The summed E-state index contributed by atoms with van der Waals surface area (Å²) in [5, 5.41) is 12.1. The summed E-state index contributed by atoms with van der Waals surface area (Å²) in [4.78, 5) is 13.3. The first-order valence-electron chi connectivity index (χ1n) is 6.90. The van der Waals surface area contributed by atoms with E-state index in [1.807, 2.05) is 6.07 Å². The van der Waals surface area contributed by atoms with Gasteiger partial charge in [0.1, 0.15) is 6.04 Å². The van der Waals surface area contributed by atoms with E-state index in [9.17, 15) is 4.79 Å². The fourth-order valence-electron chi connectivity index (χ4n) is 2.60. The Morgan fingerprint density at radius 1 is 1.47 bits per heavy atom. The second kappa shape index (κ2) is 6.68. The van der Waals surface area contributed by atoms with Crippen molar-refractivity contribution >= 4 is 5.97 Å². The summed E-state index contributed by atoms with van der Waals surface area (Å²) in [6, 6.07) is 10.2. The lowest BCUT2D eigenvalue weighted by Gasteiger charge is -2.34. The zero-order valence-electron chi connectivity index (χ0n) is 11.4. The van der Waals surface area contributed by atoms with E-state index in [0.29, 0.717) is 0 Å². The molecule has 1 aliphatic heterocycles. The minimum absolute atomic E-state index is 0.281. The van der Waals surface area contributed by atoms with Gasteiger partial charge in [-0.25, -0.2) is 0 Å². The Kier molecular flexibility index (Phi) is 4.93. The van der Waals surface area contributed by atoms with Crippen molar-refractivity contribution < 1.29 is 9.90 Å². The van der Waals surface area contributed by atoms with Gasteiger partial charge < -0.3 is 10.4 Å². The Morgan fingerprint density at radius 2 is 2.21 bits per heavy atom. The quantitative estimate of drug-likeness (QED) is 0.848. The number of rotatable bonds is 5. The second-order valence-corrected chi connectivity index (χ2v) is 5.29. The van der Waals surface area contributed by atoms with Crippen LogP contribution in [0.2, 0.25) is 0 Å². The number of carbonyl (C=O) groups is 1. The third-order valence-electron chi connectivity index (χ3n) is 3.61. The van der Waals surface area contributed by atoms with E-state index in [-0.39, 0.29) is 6.04 Å². The predicted octanol–water partition coefficient (Wildman–Crippen LogP) is 1.71. The van der Waals surface area contributed by atoms with Crippen LogP contribution in [0, 0.1) is 0 Å². The number of benzene rings is 1. The molecule has 1 fully saturated rings. The highest BCUT2D eigenvalue weighted by molar-refractivity contribution is 5.72. The molecule has 0 aromatic heterocycles. The summed E-state index contributed by atoms with van der Waals surface area (Å²) in [6.45, 7) is 4.67. The van der Waals surface area contributed by atoms with Gasteiger partial charge in [0.15, 0.2) is 0 Å². The lowest BCUT2D eigenvalue weighted by Crippen LogP contribution is -2.50. The van der Waals surface area contributed by atoms with E-state index in [1.54, 1.807) is 6.92 Å². The summed E-state index contributed by atoms with van der Waals surface area (Å²) in [5.41, 5.74) is 1.31. The summed E-state index contributed by atoms with van der Waals surface area (Å²) >= 11 is 0. The van der Waals surface area contributed by atoms with E-state index in [0.717, 1.165) is 32.5 Å². The van der Waals surface area contributed by atoms with Gasteiger partial charge in [0.05, 0.1) is 0 Å². The maximum Gasteiger partial charge on any atom is 0.320 e. The smallest absolute Gasteiger partial charge is 0.320 e. The van der Waals surface area contributed by atoms with Gasteiger partial charge in [-0.2, -0.15) is 0 Å². The van der Waals surface area contributed by atoms with Crippen LogP contribution in [0.3, 0.4) is 0 Å². The van der Waals surface area contributed by atoms with Crippen LogP contribution in [-0.2, 0) is 11.3 Å². The van der Waals surface area contributed by atoms with Crippen LogP contribution in [0.1, 0.15) is 25.3 Å². The molecule has 4 nitrogen and oxygen atoms in total. The standard InChI is InChI=1S/C15H22N2O2/c1-12(15(18)19)16-14-8-5-9-17(11-14)10-13-6-3-2-4-7-13/h2-4,6-7,12,14,16H,5,8-11H2,1H3,(H,18,19)/t12-,14?/m1/s1. The predicted molar refractivity (Wildman–Crippen MR) is 75.0 cm³/mol. The number of likely N-dealkylation sites (tertiary alicyclic amines) is 1. The monoisotopic (exact) mass is 262 g/mol. The van der Waals surface area contributed by atoms with E-state index in [2.05, 4.69) is 34.5 Å². The highest BCUT2D eigenvalue weighted by Gasteiger charge is 2.23. The number of aliphatic carboxylic acids is 1. The average Bonchev–Trinajstić information content (AvgIpc) is 2.40. The molecule has 2 N–H and O–H groups in total. The molecule has 0 radical (unpaired) electrons. The van der Waals surface area contributed by atoms with Crippen LogP contribution in [0.25, 0.3) is 0 Å². The first-order chi connectivity index (χ1) is 9.15. The molecule has 19 heavy (non-hydrogen) atoms.